The number of nitrogens with two attached hydrogens (primary N) is 1. The van der Waals surface area contributed by atoms with Crippen LogP contribution in [0.5, 0.6) is 0 Å². The lowest BCUT2D eigenvalue weighted by Gasteiger charge is -2.34. The van der Waals surface area contributed by atoms with E-state index in [0.29, 0.717) is 24.9 Å². The van der Waals surface area contributed by atoms with Gasteiger partial charge in [-0.1, -0.05) is 5.16 Å². The molecule has 8 heteroatoms. The number of hydrogen-bond donors (Lipinski definition) is 3. The molecule has 3 heterocycles. The standard InChI is InChI=1S/C18H24N6O2/c1-11-10-25-7-6-24(11)17-9-14(18-12(2)23-26-13(18)3)8-16(22-17)21-15(20)4-5-19/h4-5,8-9,11,19H,6-7,10,20H2,1-3H3,(H,21,22)/b15-4+,19-5?. The van der Waals surface area contributed by atoms with E-state index in [2.05, 4.69) is 22.3 Å². The summed E-state index contributed by atoms with van der Waals surface area (Å²) in [5, 5.41) is 14.3. The van der Waals surface area contributed by atoms with Crippen molar-refractivity contribution in [3.8, 4) is 11.1 Å². The molecule has 4 N–H and O–H groups in total. The minimum absolute atomic E-state index is 0.221. The average Bonchev–Trinajstić information content (AvgIpc) is 2.93. The molecule has 26 heavy (non-hydrogen) atoms. The van der Waals surface area contributed by atoms with Crippen molar-refractivity contribution in [2.75, 3.05) is 30.0 Å². The molecule has 0 radical (unpaired) electrons. The van der Waals surface area contributed by atoms with Gasteiger partial charge in [0.1, 0.15) is 23.2 Å². The topological polar surface area (TPSA) is 113 Å². The van der Waals surface area contributed by atoms with Crippen molar-refractivity contribution in [3.63, 3.8) is 0 Å². The van der Waals surface area contributed by atoms with Gasteiger partial charge in [-0.3, -0.25) is 0 Å². The zero-order chi connectivity index (χ0) is 18.7. The Morgan fingerprint density at radius 1 is 1.42 bits per heavy atom. The fraction of sp³-hybridized carbons (Fsp3) is 0.389. The number of anilines is 2. The van der Waals surface area contributed by atoms with Crippen LogP contribution in [0.4, 0.5) is 11.6 Å². The Labute approximate surface area is 152 Å². The molecule has 2 aromatic heterocycles. The van der Waals surface area contributed by atoms with Crippen molar-refractivity contribution < 1.29 is 9.26 Å². The highest BCUT2D eigenvalue weighted by Crippen LogP contribution is 2.32. The summed E-state index contributed by atoms with van der Waals surface area (Å²) in [4.78, 5) is 6.93. The maximum absolute atomic E-state index is 7.16. The summed E-state index contributed by atoms with van der Waals surface area (Å²) in [6.07, 6.45) is 2.60. The first-order valence-corrected chi connectivity index (χ1v) is 8.52. The third-order valence-corrected chi connectivity index (χ3v) is 4.33. The van der Waals surface area contributed by atoms with Gasteiger partial charge in [-0.05, 0) is 44.5 Å². The van der Waals surface area contributed by atoms with E-state index in [1.165, 1.54) is 6.08 Å². The molecule has 3 rings (SSSR count). The van der Waals surface area contributed by atoms with Crippen molar-refractivity contribution in [2.45, 2.75) is 26.8 Å². The lowest BCUT2D eigenvalue weighted by atomic mass is 10.0. The van der Waals surface area contributed by atoms with E-state index in [1.807, 2.05) is 26.0 Å². The molecule has 0 amide bonds. The predicted octanol–water partition coefficient (Wildman–Crippen LogP) is 2.44. The fourth-order valence-electron chi connectivity index (χ4n) is 3.11. The Hall–Kier alpha value is -2.87. The second-order valence-corrected chi connectivity index (χ2v) is 6.33. The Morgan fingerprint density at radius 3 is 2.88 bits per heavy atom. The molecule has 0 spiro atoms. The fourth-order valence-corrected chi connectivity index (χ4v) is 3.11. The number of pyridine rings is 1. The lowest BCUT2D eigenvalue weighted by Crippen LogP contribution is -2.44. The van der Waals surface area contributed by atoms with E-state index in [1.54, 1.807) is 0 Å². The van der Waals surface area contributed by atoms with E-state index < -0.39 is 0 Å². The Bertz CT molecular complexity index is 810. The quantitative estimate of drug-likeness (QED) is 0.705. The summed E-state index contributed by atoms with van der Waals surface area (Å²) >= 11 is 0. The number of hydrogen-bond acceptors (Lipinski definition) is 8. The van der Waals surface area contributed by atoms with Gasteiger partial charge in [0.25, 0.3) is 0 Å². The number of morpholine rings is 1. The molecular weight excluding hydrogens is 332 g/mol. The molecule has 1 saturated heterocycles. The maximum Gasteiger partial charge on any atom is 0.141 e. The second kappa shape index (κ2) is 7.57. The SMILES string of the molecule is Cc1noc(C)c1-c1cc(N/C(N)=C/C=N)nc(N2CCOCC2C)c1. The zero-order valence-electron chi connectivity index (χ0n) is 15.2. The summed E-state index contributed by atoms with van der Waals surface area (Å²) in [6.45, 7) is 8.02. The smallest absolute Gasteiger partial charge is 0.141 e. The average molecular weight is 356 g/mol. The van der Waals surface area contributed by atoms with Gasteiger partial charge in [0.15, 0.2) is 0 Å². The summed E-state index contributed by atoms with van der Waals surface area (Å²) in [7, 11) is 0. The van der Waals surface area contributed by atoms with Crippen LogP contribution in [0.3, 0.4) is 0 Å². The van der Waals surface area contributed by atoms with Gasteiger partial charge in [0.05, 0.1) is 24.9 Å². The molecule has 1 atom stereocenters. The molecule has 1 unspecified atom stereocenters. The Morgan fingerprint density at radius 2 is 2.23 bits per heavy atom. The van der Waals surface area contributed by atoms with Crippen molar-refractivity contribution in [3.05, 3.63) is 35.5 Å². The third-order valence-electron chi connectivity index (χ3n) is 4.33. The largest absolute Gasteiger partial charge is 0.385 e. The third kappa shape index (κ3) is 3.70. The van der Waals surface area contributed by atoms with Gasteiger partial charge in [0, 0.05) is 18.3 Å². The maximum atomic E-state index is 7.16. The molecular formula is C18H24N6O2. The molecule has 0 aliphatic carbocycles. The summed E-state index contributed by atoms with van der Waals surface area (Å²) in [5.41, 5.74) is 8.62. The summed E-state index contributed by atoms with van der Waals surface area (Å²) < 4.78 is 10.9. The lowest BCUT2D eigenvalue weighted by molar-refractivity contribution is 0.0985. The number of rotatable bonds is 5. The first-order valence-electron chi connectivity index (χ1n) is 8.52. The summed E-state index contributed by atoms with van der Waals surface area (Å²) in [5.74, 6) is 2.54. The molecule has 0 saturated carbocycles. The number of nitrogens with zero attached hydrogens (tertiary/aromatic N) is 3. The number of aromatic nitrogens is 2. The van der Waals surface area contributed by atoms with E-state index in [9.17, 15) is 0 Å². The van der Waals surface area contributed by atoms with Gasteiger partial charge >= 0.3 is 0 Å². The van der Waals surface area contributed by atoms with E-state index >= 15 is 0 Å². The Balaban J connectivity index is 2.07. The van der Waals surface area contributed by atoms with Crippen LogP contribution in [0.2, 0.25) is 0 Å². The molecule has 1 aliphatic rings. The number of aryl methyl sites for hydroxylation is 2. The van der Waals surface area contributed by atoms with Gasteiger partial charge in [0.2, 0.25) is 0 Å². The van der Waals surface area contributed by atoms with Crippen LogP contribution in [-0.2, 0) is 4.74 Å². The van der Waals surface area contributed by atoms with Crippen LogP contribution in [-0.4, -0.2) is 42.2 Å². The minimum Gasteiger partial charge on any atom is -0.385 e. The van der Waals surface area contributed by atoms with Gasteiger partial charge in [-0.2, -0.15) is 0 Å². The molecule has 1 aliphatic heterocycles. The highest BCUT2D eigenvalue weighted by atomic mass is 16.5. The molecule has 0 bridgehead atoms. The van der Waals surface area contributed by atoms with Crippen LogP contribution >= 0.6 is 0 Å². The first kappa shape index (κ1) is 17.9. The Kier molecular flexibility index (Phi) is 5.22. The molecule has 2 aromatic rings. The molecule has 8 nitrogen and oxygen atoms in total. The normalized spacial score (nSPS) is 18.0. The van der Waals surface area contributed by atoms with Crippen LogP contribution in [0.1, 0.15) is 18.4 Å². The zero-order valence-corrected chi connectivity index (χ0v) is 15.2. The van der Waals surface area contributed by atoms with Crippen LogP contribution in [0.25, 0.3) is 11.1 Å². The van der Waals surface area contributed by atoms with Crippen molar-refractivity contribution in [1.82, 2.24) is 10.1 Å². The van der Waals surface area contributed by atoms with Crippen molar-refractivity contribution in [2.24, 2.45) is 5.73 Å². The van der Waals surface area contributed by atoms with Gasteiger partial charge in [-0.25, -0.2) is 4.98 Å². The molecule has 138 valence electrons. The first-order chi connectivity index (χ1) is 12.5. The minimum atomic E-state index is 0.221. The number of ether oxygens (including phenoxy) is 1. The van der Waals surface area contributed by atoms with E-state index in [4.69, 9.17) is 25.4 Å². The molecule has 0 aromatic carbocycles. The highest BCUT2D eigenvalue weighted by Gasteiger charge is 2.22. The van der Waals surface area contributed by atoms with Crippen LogP contribution in [0, 0.1) is 19.3 Å². The molecule has 1 fully saturated rings. The van der Waals surface area contributed by atoms with Gasteiger partial charge < -0.3 is 30.6 Å². The van der Waals surface area contributed by atoms with E-state index in [0.717, 1.165) is 41.2 Å². The van der Waals surface area contributed by atoms with E-state index in [-0.39, 0.29) is 6.04 Å². The number of nitrogens with one attached hydrogen (secondary N) is 2. The summed E-state index contributed by atoms with van der Waals surface area (Å²) in [6, 6.07) is 4.17. The van der Waals surface area contributed by atoms with Crippen LogP contribution in [0.15, 0.2) is 28.6 Å². The monoisotopic (exact) mass is 356 g/mol. The van der Waals surface area contributed by atoms with Crippen molar-refractivity contribution in [1.29, 1.82) is 5.41 Å². The highest BCUT2D eigenvalue weighted by molar-refractivity contribution is 5.75. The number of allylic oxidation sites excluding steroid dienone is 1. The van der Waals surface area contributed by atoms with Gasteiger partial charge in [-0.15, -0.1) is 0 Å². The second-order valence-electron chi connectivity index (χ2n) is 6.33. The van der Waals surface area contributed by atoms with Crippen molar-refractivity contribution >= 4 is 17.9 Å². The van der Waals surface area contributed by atoms with Crippen LogP contribution < -0.4 is 16.0 Å². The predicted molar refractivity (Wildman–Crippen MR) is 102 cm³/mol.